The molecule has 0 aliphatic heterocycles. The van der Waals surface area contributed by atoms with E-state index in [-0.39, 0.29) is 5.76 Å². The lowest BCUT2D eigenvalue weighted by atomic mass is 9.98. The Morgan fingerprint density at radius 3 is 2.00 bits per heavy atom. The van der Waals surface area contributed by atoms with Gasteiger partial charge in [-0.2, -0.15) is 0 Å². The van der Waals surface area contributed by atoms with Gasteiger partial charge in [0.25, 0.3) is 0 Å². The molecule has 1 unspecified atom stereocenters. The fraction of sp³-hybridized carbons (Fsp3) is 0.783. The zero-order valence-electron chi connectivity index (χ0n) is 17.6. The van der Waals surface area contributed by atoms with E-state index in [1.165, 1.54) is 89.5 Å². The predicted octanol–water partition coefficient (Wildman–Crippen LogP) is 7.51. The number of hydrogen-bond acceptors (Lipinski definition) is 3. The number of carbonyl (C=O) groups is 1. The number of rotatable bonds is 18. The molecular formula is C23H41NO3. The van der Waals surface area contributed by atoms with Crippen molar-refractivity contribution < 1.29 is 14.3 Å². The maximum Gasteiger partial charge on any atom is 0.371 e. The first-order valence-corrected chi connectivity index (χ1v) is 11.2. The summed E-state index contributed by atoms with van der Waals surface area (Å²) in [5.41, 5.74) is 0. The van der Waals surface area contributed by atoms with Crippen LogP contribution < -0.4 is 5.32 Å². The summed E-state index contributed by atoms with van der Waals surface area (Å²) in [5, 5.41) is 12.0. The number of aromatic carboxylic acids is 1. The third-order valence-electron chi connectivity index (χ3n) is 5.30. The zero-order chi connectivity index (χ0) is 19.7. The van der Waals surface area contributed by atoms with Crippen molar-refractivity contribution >= 4 is 11.9 Å². The number of hydrogen-bond donors (Lipinski definition) is 2. The van der Waals surface area contributed by atoms with Gasteiger partial charge in [0.1, 0.15) is 0 Å². The molecule has 0 bridgehead atoms. The van der Waals surface area contributed by atoms with Crippen molar-refractivity contribution in [3.8, 4) is 0 Å². The topological polar surface area (TPSA) is 62.5 Å². The van der Waals surface area contributed by atoms with Gasteiger partial charge in [0.2, 0.25) is 5.76 Å². The largest absolute Gasteiger partial charge is 0.475 e. The summed E-state index contributed by atoms with van der Waals surface area (Å²) in [6, 6.07) is 3.17. The Hall–Kier alpha value is -1.45. The lowest BCUT2D eigenvalue weighted by molar-refractivity contribution is 0.0663. The third kappa shape index (κ3) is 12.5. The van der Waals surface area contributed by atoms with E-state index < -0.39 is 5.97 Å². The molecule has 0 saturated carbocycles. The number of anilines is 1. The Bertz CT molecular complexity index is 484. The van der Waals surface area contributed by atoms with E-state index in [2.05, 4.69) is 19.2 Å². The fourth-order valence-corrected chi connectivity index (χ4v) is 3.47. The molecule has 0 fully saturated rings. The first-order valence-electron chi connectivity index (χ1n) is 11.2. The molecule has 4 nitrogen and oxygen atoms in total. The average molecular weight is 380 g/mol. The van der Waals surface area contributed by atoms with Crippen molar-refractivity contribution in [3.63, 3.8) is 0 Å². The van der Waals surface area contributed by atoms with E-state index in [1.54, 1.807) is 6.07 Å². The number of carboxylic acids is 1. The van der Waals surface area contributed by atoms with Gasteiger partial charge >= 0.3 is 5.97 Å². The van der Waals surface area contributed by atoms with Crippen LogP contribution in [0.5, 0.6) is 0 Å². The molecule has 156 valence electrons. The number of carboxylic acid groups (broad SMARTS) is 1. The second kappa shape index (κ2) is 15.6. The minimum atomic E-state index is -1.02. The molecule has 0 amide bonds. The summed E-state index contributed by atoms with van der Waals surface area (Å²) in [6.07, 6.45) is 19.1. The Kier molecular flexibility index (Phi) is 13.6. The first-order chi connectivity index (χ1) is 13.1. The molecule has 0 aromatic carbocycles. The first kappa shape index (κ1) is 23.6. The maximum absolute atomic E-state index is 10.8. The normalized spacial score (nSPS) is 12.2. The van der Waals surface area contributed by atoms with Crippen molar-refractivity contribution in [2.75, 3.05) is 11.9 Å². The van der Waals surface area contributed by atoms with E-state index in [1.807, 2.05) is 0 Å². The quantitative estimate of drug-likeness (QED) is 0.259. The molecule has 0 aliphatic carbocycles. The van der Waals surface area contributed by atoms with Crippen LogP contribution in [0, 0.1) is 5.92 Å². The summed E-state index contributed by atoms with van der Waals surface area (Å²) in [7, 11) is 0. The summed E-state index contributed by atoms with van der Waals surface area (Å²) in [5.74, 6) is 0.199. The van der Waals surface area contributed by atoms with Crippen LogP contribution in [0.15, 0.2) is 16.5 Å². The molecule has 27 heavy (non-hydrogen) atoms. The van der Waals surface area contributed by atoms with Gasteiger partial charge in [-0.25, -0.2) is 4.79 Å². The van der Waals surface area contributed by atoms with Crippen LogP contribution in [0.4, 0.5) is 5.88 Å². The molecule has 1 aromatic heterocycles. The molecule has 1 aromatic rings. The third-order valence-corrected chi connectivity index (χ3v) is 5.30. The van der Waals surface area contributed by atoms with Gasteiger partial charge in [-0.05, 0) is 18.4 Å². The second-order valence-electron chi connectivity index (χ2n) is 7.97. The van der Waals surface area contributed by atoms with Crippen molar-refractivity contribution in [1.29, 1.82) is 0 Å². The van der Waals surface area contributed by atoms with Crippen molar-refractivity contribution in [3.05, 3.63) is 17.9 Å². The number of furan rings is 1. The monoisotopic (exact) mass is 379 g/mol. The van der Waals surface area contributed by atoms with Crippen LogP contribution in [-0.2, 0) is 0 Å². The lowest BCUT2D eigenvalue weighted by Gasteiger charge is -2.11. The molecule has 0 aliphatic rings. The molecule has 1 heterocycles. The van der Waals surface area contributed by atoms with Crippen LogP contribution in [-0.4, -0.2) is 17.6 Å². The SMILES string of the molecule is CCCCCCCCCCCCCCC(C)CCNc1ccc(C(=O)O)o1. The molecule has 0 spiro atoms. The number of unbranched alkanes of at least 4 members (excludes halogenated alkanes) is 11. The van der Waals surface area contributed by atoms with Gasteiger partial charge in [0.15, 0.2) is 5.88 Å². The van der Waals surface area contributed by atoms with Gasteiger partial charge in [-0.15, -0.1) is 0 Å². The smallest absolute Gasteiger partial charge is 0.371 e. The van der Waals surface area contributed by atoms with E-state index in [9.17, 15) is 4.79 Å². The van der Waals surface area contributed by atoms with Gasteiger partial charge in [0, 0.05) is 12.6 Å². The summed E-state index contributed by atoms with van der Waals surface area (Å²) in [4.78, 5) is 10.8. The highest BCUT2D eigenvalue weighted by molar-refractivity contribution is 5.84. The van der Waals surface area contributed by atoms with Crippen LogP contribution in [0.3, 0.4) is 0 Å². The molecule has 1 atom stereocenters. The van der Waals surface area contributed by atoms with E-state index in [0.717, 1.165) is 13.0 Å². The second-order valence-corrected chi connectivity index (χ2v) is 7.97. The van der Waals surface area contributed by atoms with Crippen molar-refractivity contribution in [2.45, 2.75) is 104 Å². The zero-order valence-corrected chi connectivity index (χ0v) is 17.6. The molecule has 2 N–H and O–H groups in total. The van der Waals surface area contributed by atoms with Crippen LogP contribution in [0.25, 0.3) is 0 Å². The van der Waals surface area contributed by atoms with Crippen molar-refractivity contribution in [1.82, 2.24) is 0 Å². The minimum Gasteiger partial charge on any atom is -0.475 e. The van der Waals surface area contributed by atoms with E-state index in [4.69, 9.17) is 9.52 Å². The molecule has 0 saturated heterocycles. The van der Waals surface area contributed by atoms with Crippen LogP contribution >= 0.6 is 0 Å². The Morgan fingerprint density at radius 1 is 0.926 bits per heavy atom. The highest BCUT2D eigenvalue weighted by atomic mass is 16.4. The maximum atomic E-state index is 10.8. The van der Waals surface area contributed by atoms with Crippen molar-refractivity contribution in [2.24, 2.45) is 5.92 Å². The molecule has 0 radical (unpaired) electrons. The van der Waals surface area contributed by atoms with Gasteiger partial charge in [-0.3, -0.25) is 0 Å². The standard InChI is InChI=1S/C23H41NO3/c1-3-4-5-6-7-8-9-10-11-12-13-14-15-20(2)18-19-24-22-17-16-21(27-22)23(25)26/h16-17,20,24H,3-15,18-19H2,1-2H3,(H,25,26). The average Bonchev–Trinajstić information content (AvgIpc) is 3.12. The Morgan fingerprint density at radius 2 is 1.48 bits per heavy atom. The predicted molar refractivity (Wildman–Crippen MR) is 114 cm³/mol. The van der Waals surface area contributed by atoms with Crippen LogP contribution in [0.1, 0.15) is 114 Å². The molecular weight excluding hydrogens is 338 g/mol. The van der Waals surface area contributed by atoms with E-state index in [0.29, 0.717) is 11.8 Å². The lowest BCUT2D eigenvalue weighted by Crippen LogP contribution is -2.06. The Balaban J connectivity index is 1.87. The van der Waals surface area contributed by atoms with Crippen LogP contribution in [0.2, 0.25) is 0 Å². The highest BCUT2D eigenvalue weighted by Crippen LogP contribution is 2.17. The van der Waals surface area contributed by atoms with Gasteiger partial charge < -0.3 is 14.8 Å². The number of nitrogens with one attached hydrogen (secondary N) is 1. The minimum absolute atomic E-state index is 0.0120. The fourth-order valence-electron chi connectivity index (χ4n) is 3.47. The molecule has 1 rings (SSSR count). The Labute approximate surface area is 166 Å². The van der Waals surface area contributed by atoms with Gasteiger partial charge in [0.05, 0.1) is 0 Å². The highest BCUT2D eigenvalue weighted by Gasteiger charge is 2.09. The summed E-state index contributed by atoms with van der Waals surface area (Å²) in [6.45, 7) is 5.40. The molecule has 4 heteroatoms. The van der Waals surface area contributed by atoms with E-state index >= 15 is 0 Å². The van der Waals surface area contributed by atoms with Gasteiger partial charge in [-0.1, -0.05) is 97.3 Å². The summed E-state index contributed by atoms with van der Waals surface area (Å²) < 4.78 is 5.19. The summed E-state index contributed by atoms with van der Waals surface area (Å²) >= 11 is 0.